The number of hydrogen-bond acceptors (Lipinski definition) is 3. The van der Waals surface area contributed by atoms with Gasteiger partial charge in [0.1, 0.15) is 11.4 Å². The first-order valence-electron chi connectivity index (χ1n) is 4.69. The van der Waals surface area contributed by atoms with Gasteiger partial charge in [-0.2, -0.15) is 0 Å². The third-order valence-corrected chi connectivity index (χ3v) is 2.56. The van der Waals surface area contributed by atoms with Crippen molar-refractivity contribution in [3.8, 4) is 5.75 Å². The van der Waals surface area contributed by atoms with E-state index in [0.717, 1.165) is 5.56 Å². The third kappa shape index (κ3) is 1.45. The lowest BCUT2D eigenvalue weighted by Crippen LogP contribution is -2.35. The summed E-state index contributed by atoms with van der Waals surface area (Å²) < 4.78 is 5.14. The normalized spacial score (nSPS) is 23.8. The van der Waals surface area contributed by atoms with Gasteiger partial charge in [-0.15, -0.1) is 0 Å². The molecule has 0 heterocycles. The quantitative estimate of drug-likeness (QED) is 0.756. The van der Waals surface area contributed by atoms with E-state index in [2.05, 4.69) is 0 Å². The number of methoxy groups -OCH3 is 1. The van der Waals surface area contributed by atoms with E-state index < -0.39 is 5.60 Å². The fourth-order valence-corrected chi connectivity index (χ4v) is 1.69. The Morgan fingerprint density at radius 1 is 1.40 bits per heavy atom. The highest BCUT2D eigenvalue weighted by Gasteiger charge is 2.33. The molecule has 1 aromatic rings. The van der Waals surface area contributed by atoms with Crippen LogP contribution in [0.2, 0.25) is 0 Å². The summed E-state index contributed by atoms with van der Waals surface area (Å²) in [6.45, 7) is 1.48. The van der Waals surface area contributed by atoms with Crippen molar-refractivity contribution in [2.45, 2.75) is 12.5 Å². The second-order valence-electron chi connectivity index (χ2n) is 3.73. The fraction of sp³-hybridized carbons (Fsp3) is 0.250. The van der Waals surface area contributed by atoms with Crippen LogP contribution in [0.3, 0.4) is 0 Å². The first-order chi connectivity index (χ1) is 7.06. The van der Waals surface area contributed by atoms with Gasteiger partial charge in [0.15, 0.2) is 5.78 Å². The summed E-state index contributed by atoms with van der Waals surface area (Å²) in [6, 6.07) is 5.22. The van der Waals surface area contributed by atoms with Crippen molar-refractivity contribution in [3.63, 3.8) is 0 Å². The molecule has 1 aliphatic carbocycles. The first-order valence-corrected chi connectivity index (χ1v) is 4.69. The average Bonchev–Trinajstić information content (AvgIpc) is 2.23. The molecule has 0 saturated heterocycles. The third-order valence-electron chi connectivity index (χ3n) is 2.56. The van der Waals surface area contributed by atoms with Crippen molar-refractivity contribution in [1.29, 1.82) is 0 Å². The van der Waals surface area contributed by atoms with Gasteiger partial charge in [-0.05, 0) is 19.1 Å². The first kappa shape index (κ1) is 9.93. The van der Waals surface area contributed by atoms with Gasteiger partial charge in [0.2, 0.25) is 0 Å². The number of aliphatic hydroxyl groups is 1. The van der Waals surface area contributed by atoms with E-state index in [0.29, 0.717) is 11.3 Å². The molecule has 0 saturated carbocycles. The number of carbonyl (C=O) groups is 1. The molecule has 0 unspecified atom stereocenters. The predicted octanol–water partition coefficient (Wildman–Crippen LogP) is 1.66. The molecule has 0 spiro atoms. The molecule has 0 amide bonds. The van der Waals surface area contributed by atoms with Crippen molar-refractivity contribution in [3.05, 3.63) is 35.4 Å². The Kier molecular flexibility index (Phi) is 2.12. The van der Waals surface area contributed by atoms with Crippen LogP contribution in [0.4, 0.5) is 0 Å². The molecule has 3 nitrogen and oxygen atoms in total. The van der Waals surface area contributed by atoms with E-state index in [9.17, 15) is 9.90 Å². The van der Waals surface area contributed by atoms with Crippen molar-refractivity contribution >= 4 is 11.9 Å². The van der Waals surface area contributed by atoms with Gasteiger partial charge in [-0.25, -0.2) is 0 Å². The van der Waals surface area contributed by atoms with Gasteiger partial charge in [0.25, 0.3) is 0 Å². The molecule has 3 heteroatoms. The van der Waals surface area contributed by atoms with Crippen LogP contribution in [-0.2, 0) is 0 Å². The van der Waals surface area contributed by atoms with E-state index in [1.54, 1.807) is 31.4 Å². The molecular formula is C12H12O3. The van der Waals surface area contributed by atoms with Crippen LogP contribution in [0.5, 0.6) is 5.75 Å². The molecule has 78 valence electrons. The van der Waals surface area contributed by atoms with E-state index in [4.69, 9.17) is 4.74 Å². The second kappa shape index (κ2) is 3.21. The Balaban J connectivity index is 2.63. The number of carbonyl (C=O) groups excluding carboxylic acids is 1. The SMILES string of the molecule is COc1cccc2c1C=C[C@](C)(O)C2=O. The van der Waals surface area contributed by atoms with Gasteiger partial charge < -0.3 is 9.84 Å². The Bertz CT molecular complexity index is 444. The van der Waals surface area contributed by atoms with Gasteiger partial charge in [0, 0.05) is 11.1 Å². The monoisotopic (exact) mass is 204 g/mol. The number of hydrogen-bond donors (Lipinski definition) is 1. The molecule has 1 atom stereocenters. The molecule has 1 N–H and O–H groups in total. The molecule has 0 radical (unpaired) electrons. The fourth-order valence-electron chi connectivity index (χ4n) is 1.69. The molecule has 0 aromatic heterocycles. The van der Waals surface area contributed by atoms with Crippen LogP contribution in [0.25, 0.3) is 6.08 Å². The van der Waals surface area contributed by atoms with Crippen molar-refractivity contribution in [2.24, 2.45) is 0 Å². The lowest BCUT2D eigenvalue weighted by atomic mass is 9.86. The van der Waals surface area contributed by atoms with Gasteiger partial charge >= 0.3 is 0 Å². The zero-order chi connectivity index (χ0) is 11.1. The summed E-state index contributed by atoms with van der Waals surface area (Å²) in [4.78, 5) is 11.8. The summed E-state index contributed by atoms with van der Waals surface area (Å²) in [5.74, 6) is 0.353. The molecule has 0 aliphatic heterocycles. The smallest absolute Gasteiger partial charge is 0.198 e. The van der Waals surface area contributed by atoms with Crippen molar-refractivity contribution < 1.29 is 14.6 Å². The molecular weight excluding hydrogens is 192 g/mol. The minimum absolute atomic E-state index is 0.293. The van der Waals surface area contributed by atoms with E-state index in [1.807, 2.05) is 0 Å². The largest absolute Gasteiger partial charge is 0.496 e. The van der Waals surface area contributed by atoms with E-state index in [1.165, 1.54) is 13.0 Å². The lowest BCUT2D eigenvalue weighted by molar-refractivity contribution is 0.0588. The Labute approximate surface area is 88.0 Å². The summed E-state index contributed by atoms with van der Waals surface area (Å²) in [5.41, 5.74) is -0.169. The van der Waals surface area contributed by atoms with Crippen LogP contribution in [0.15, 0.2) is 24.3 Å². The van der Waals surface area contributed by atoms with Gasteiger partial charge in [0.05, 0.1) is 7.11 Å². The van der Waals surface area contributed by atoms with Crippen molar-refractivity contribution in [2.75, 3.05) is 7.11 Å². The number of Topliss-reactive ketones (excluding diaryl/α,β-unsaturated/α-hetero) is 1. The maximum Gasteiger partial charge on any atom is 0.198 e. The minimum atomic E-state index is -1.40. The summed E-state index contributed by atoms with van der Waals surface area (Å²) >= 11 is 0. The summed E-state index contributed by atoms with van der Waals surface area (Å²) in [7, 11) is 1.56. The molecule has 0 fully saturated rings. The predicted molar refractivity (Wildman–Crippen MR) is 57.0 cm³/mol. The molecule has 1 aliphatic rings. The van der Waals surface area contributed by atoms with Crippen molar-refractivity contribution in [1.82, 2.24) is 0 Å². The van der Waals surface area contributed by atoms with Crippen LogP contribution < -0.4 is 4.74 Å². The zero-order valence-electron chi connectivity index (χ0n) is 8.65. The standard InChI is InChI=1S/C12H12O3/c1-12(14)7-6-8-9(11(12)13)4-3-5-10(8)15-2/h3-7,14H,1-2H3/t12-/m0/s1. The highest BCUT2D eigenvalue weighted by atomic mass is 16.5. The van der Waals surface area contributed by atoms with E-state index >= 15 is 0 Å². The Morgan fingerprint density at radius 2 is 2.13 bits per heavy atom. The number of ether oxygens (including phenoxy) is 1. The van der Waals surface area contributed by atoms with Crippen LogP contribution in [0.1, 0.15) is 22.8 Å². The average molecular weight is 204 g/mol. The van der Waals surface area contributed by atoms with Crippen LogP contribution in [-0.4, -0.2) is 23.6 Å². The number of ketones is 1. The Morgan fingerprint density at radius 3 is 2.80 bits per heavy atom. The van der Waals surface area contributed by atoms with Crippen LogP contribution in [0, 0.1) is 0 Å². The number of fused-ring (bicyclic) bond motifs is 1. The van der Waals surface area contributed by atoms with E-state index in [-0.39, 0.29) is 5.78 Å². The molecule has 1 aromatic carbocycles. The Hall–Kier alpha value is -1.61. The molecule has 2 rings (SSSR count). The zero-order valence-corrected chi connectivity index (χ0v) is 8.65. The second-order valence-corrected chi connectivity index (χ2v) is 3.73. The van der Waals surface area contributed by atoms with Gasteiger partial charge in [-0.3, -0.25) is 4.79 Å². The highest BCUT2D eigenvalue weighted by Crippen LogP contribution is 2.31. The molecule has 0 bridgehead atoms. The number of benzene rings is 1. The van der Waals surface area contributed by atoms with Gasteiger partial charge in [-0.1, -0.05) is 18.2 Å². The summed E-state index contributed by atoms with van der Waals surface area (Å²) in [6.07, 6.45) is 3.20. The highest BCUT2D eigenvalue weighted by molar-refractivity contribution is 6.09. The summed E-state index contributed by atoms with van der Waals surface area (Å²) in [5, 5.41) is 9.78. The maximum atomic E-state index is 11.8. The number of rotatable bonds is 1. The van der Waals surface area contributed by atoms with Crippen LogP contribution >= 0.6 is 0 Å². The topological polar surface area (TPSA) is 46.5 Å². The maximum absolute atomic E-state index is 11.8. The minimum Gasteiger partial charge on any atom is -0.496 e. The molecule has 15 heavy (non-hydrogen) atoms. The lowest BCUT2D eigenvalue weighted by Gasteiger charge is -2.23.